The van der Waals surface area contributed by atoms with Crippen molar-refractivity contribution in [3.05, 3.63) is 53.6 Å². The molecule has 0 aliphatic heterocycles. The van der Waals surface area contributed by atoms with Gasteiger partial charge in [0.15, 0.2) is 0 Å². The zero-order valence-electron chi connectivity index (χ0n) is 10.8. The van der Waals surface area contributed by atoms with E-state index in [9.17, 15) is 5.11 Å². The number of rotatable bonds is 4. The fraction of sp³-hybridized carbons (Fsp3) is 0.333. The van der Waals surface area contributed by atoms with E-state index in [0.717, 1.165) is 24.2 Å². The van der Waals surface area contributed by atoms with E-state index in [1.165, 1.54) is 0 Å². The number of aryl methyl sites for hydroxylation is 1. The molecule has 1 aliphatic rings. The molecule has 98 valence electrons. The lowest BCUT2D eigenvalue weighted by Gasteiger charge is -2.12. The predicted octanol–water partition coefficient (Wildman–Crippen LogP) is 2.41. The second-order valence-corrected chi connectivity index (χ2v) is 4.82. The molecule has 0 saturated heterocycles. The lowest BCUT2D eigenvalue weighted by atomic mass is 10.1. The van der Waals surface area contributed by atoms with Crippen LogP contribution in [0.5, 0.6) is 5.75 Å². The molecule has 1 atom stereocenters. The van der Waals surface area contributed by atoms with Gasteiger partial charge in [-0.25, -0.2) is 9.97 Å². The molecule has 4 nitrogen and oxygen atoms in total. The summed E-state index contributed by atoms with van der Waals surface area (Å²) in [6, 6.07) is 9.29. The van der Waals surface area contributed by atoms with E-state index in [2.05, 4.69) is 9.97 Å². The highest BCUT2D eigenvalue weighted by molar-refractivity contribution is 5.33. The predicted molar refractivity (Wildman–Crippen MR) is 70.9 cm³/mol. The Morgan fingerprint density at radius 2 is 2.16 bits per heavy atom. The lowest BCUT2D eigenvalue weighted by molar-refractivity contribution is 0.213. The van der Waals surface area contributed by atoms with Crippen molar-refractivity contribution in [1.29, 1.82) is 0 Å². The highest BCUT2D eigenvalue weighted by atomic mass is 16.5. The Labute approximate surface area is 112 Å². The normalized spacial score (nSPS) is 16.1. The highest BCUT2D eigenvalue weighted by Crippen LogP contribution is 2.29. The summed E-state index contributed by atoms with van der Waals surface area (Å²) in [5, 5.41) is 10.3. The van der Waals surface area contributed by atoms with Crippen LogP contribution in [0.4, 0.5) is 0 Å². The Morgan fingerprint density at radius 1 is 1.32 bits per heavy atom. The van der Waals surface area contributed by atoms with E-state index >= 15 is 0 Å². The summed E-state index contributed by atoms with van der Waals surface area (Å²) in [6.45, 7) is 1.81. The number of nitrogens with zero attached hydrogens (tertiary/aromatic N) is 2. The lowest BCUT2D eigenvalue weighted by Crippen LogP contribution is -2.05. The fourth-order valence-corrected chi connectivity index (χ4v) is 1.93. The molecule has 1 N–H and O–H groups in total. The number of aliphatic hydroxyl groups is 1. The standard InChI is InChI=1S/C15H16N2O2/c1-10-16-8-7-14(17-10)15(18)11-3-2-4-13(9-11)19-12-5-6-12/h2-4,7-9,12,15,18H,5-6H2,1H3. The fourth-order valence-electron chi connectivity index (χ4n) is 1.93. The molecule has 1 aliphatic carbocycles. The number of hydrogen-bond acceptors (Lipinski definition) is 4. The van der Waals surface area contributed by atoms with Crippen LogP contribution in [0, 0.1) is 6.92 Å². The SMILES string of the molecule is Cc1nccc(C(O)c2cccc(OC3CC3)c2)n1. The van der Waals surface area contributed by atoms with Gasteiger partial charge in [-0.05, 0) is 43.5 Å². The molecular weight excluding hydrogens is 240 g/mol. The highest BCUT2D eigenvalue weighted by Gasteiger charge is 2.23. The van der Waals surface area contributed by atoms with Crippen molar-refractivity contribution in [3.8, 4) is 5.75 Å². The number of aromatic nitrogens is 2. The maximum Gasteiger partial charge on any atom is 0.125 e. The van der Waals surface area contributed by atoms with Gasteiger partial charge in [-0.3, -0.25) is 0 Å². The molecule has 0 spiro atoms. The van der Waals surface area contributed by atoms with Crippen LogP contribution in [0.15, 0.2) is 36.5 Å². The summed E-state index contributed by atoms with van der Waals surface area (Å²) in [4.78, 5) is 8.28. The van der Waals surface area contributed by atoms with Gasteiger partial charge < -0.3 is 9.84 Å². The second kappa shape index (κ2) is 4.97. The van der Waals surface area contributed by atoms with Crippen molar-refractivity contribution in [3.63, 3.8) is 0 Å². The van der Waals surface area contributed by atoms with E-state index < -0.39 is 6.10 Å². The molecule has 0 amide bonds. The van der Waals surface area contributed by atoms with Crippen molar-refractivity contribution in [2.45, 2.75) is 32.0 Å². The molecule has 3 rings (SSSR count). The van der Waals surface area contributed by atoms with Gasteiger partial charge in [0.25, 0.3) is 0 Å². The van der Waals surface area contributed by atoms with Crippen LogP contribution >= 0.6 is 0 Å². The maximum absolute atomic E-state index is 10.3. The molecule has 1 heterocycles. The Balaban J connectivity index is 1.83. The molecule has 4 heteroatoms. The quantitative estimate of drug-likeness (QED) is 0.912. The van der Waals surface area contributed by atoms with E-state index in [0.29, 0.717) is 17.6 Å². The van der Waals surface area contributed by atoms with Crippen molar-refractivity contribution < 1.29 is 9.84 Å². The van der Waals surface area contributed by atoms with Gasteiger partial charge in [0.05, 0.1) is 11.8 Å². The Morgan fingerprint density at radius 3 is 2.89 bits per heavy atom. The average Bonchev–Trinajstić information content (AvgIpc) is 3.22. The number of aliphatic hydroxyl groups excluding tert-OH is 1. The first kappa shape index (κ1) is 12.1. The molecule has 1 aromatic carbocycles. The zero-order valence-corrected chi connectivity index (χ0v) is 10.8. The van der Waals surface area contributed by atoms with Crippen LogP contribution in [0.1, 0.15) is 36.0 Å². The summed E-state index contributed by atoms with van der Waals surface area (Å²) < 4.78 is 5.73. The zero-order chi connectivity index (χ0) is 13.2. The van der Waals surface area contributed by atoms with E-state index in [-0.39, 0.29) is 0 Å². The smallest absolute Gasteiger partial charge is 0.125 e. The first-order valence-corrected chi connectivity index (χ1v) is 6.46. The van der Waals surface area contributed by atoms with Crippen molar-refractivity contribution >= 4 is 0 Å². The second-order valence-electron chi connectivity index (χ2n) is 4.82. The van der Waals surface area contributed by atoms with E-state index in [1.54, 1.807) is 12.3 Å². The third kappa shape index (κ3) is 2.90. The van der Waals surface area contributed by atoms with Gasteiger partial charge >= 0.3 is 0 Å². The van der Waals surface area contributed by atoms with Gasteiger partial charge in [-0.2, -0.15) is 0 Å². The number of benzene rings is 1. The number of hydrogen-bond donors (Lipinski definition) is 1. The molecule has 1 fully saturated rings. The molecule has 1 saturated carbocycles. The molecular formula is C15H16N2O2. The largest absolute Gasteiger partial charge is 0.490 e. The molecule has 2 aromatic rings. The minimum atomic E-state index is -0.746. The summed E-state index contributed by atoms with van der Waals surface area (Å²) in [5.41, 5.74) is 1.40. The third-order valence-electron chi connectivity index (χ3n) is 3.08. The third-order valence-corrected chi connectivity index (χ3v) is 3.08. The monoisotopic (exact) mass is 256 g/mol. The van der Waals surface area contributed by atoms with Gasteiger partial charge in [0, 0.05) is 6.20 Å². The van der Waals surface area contributed by atoms with Crippen molar-refractivity contribution in [2.24, 2.45) is 0 Å². The first-order chi connectivity index (χ1) is 9.22. The Hall–Kier alpha value is -1.94. The molecule has 1 aromatic heterocycles. The van der Waals surface area contributed by atoms with Crippen LogP contribution < -0.4 is 4.74 Å². The summed E-state index contributed by atoms with van der Waals surface area (Å²) >= 11 is 0. The van der Waals surface area contributed by atoms with Crippen molar-refractivity contribution in [1.82, 2.24) is 9.97 Å². The minimum absolute atomic E-state index is 0.355. The van der Waals surface area contributed by atoms with Gasteiger partial charge in [-0.1, -0.05) is 12.1 Å². The topological polar surface area (TPSA) is 55.2 Å². The molecule has 1 unspecified atom stereocenters. The molecule has 19 heavy (non-hydrogen) atoms. The van der Waals surface area contributed by atoms with E-state index in [4.69, 9.17) is 4.74 Å². The van der Waals surface area contributed by atoms with Crippen LogP contribution in [0.2, 0.25) is 0 Å². The van der Waals surface area contributed by atoms with Crippen LogP contribution in [0.3, 0.4) is 0 Å². The summed E-state index contributed by atoms with van der Waals surface area (Å²) in [7, 11) is 0. The molecule has 0 radical (unpaired) electrons. The Bertz CT molecular complexity index is 582. The minimum Gasteiger partial charge on any atom is -0.490 e. The van der Waals surface area contributed by atoms with E-state index in [1.807, 2.05) is 31.2 Å². The van der Waals surface area contributed by atoms with Gasteiger partial charge in [0.1, 0.15) is 17.7 Å². The Kier molecular flexibility index (Phi) is 3.17. The van der Waals surface area contributed by atoms with Crippen molar-refractivity contribution in [2.75, 3.05) is 0 Å². The van der Waals surface area contributed by atoms with Crippen LogP contribution in [0.25, 0.3) is 0 Å². The van der Waals surface area contributed by atoms with Gasteiger partial charge in [-0.15, -0.1) is 0 Å². The van der Waals surface area contributed by atoms with Crippen LogP contribution in [-0.4, -0.2) is 21.2 Å². The summed E-state index contributed by atoms with van der Waals surface area (Å²) in [6.07, 6.45) is 3.51. The van der Waals surface area contributed by atoms with Crippen LogP contribution in [-0.2, 0) is 0 Å². The number of ether oxygens (including phenoxy) is 1. The van der Waals surface area contributed by atoms with Gasteiger partial charge in [0.2, 0.25) is 0 Å². The first-order valence-electron chi connectivity index (χ1n) is 6.46. The molecule has 0 bridgehead atoms. The summed E-state index contributed by atoms with van der Waals surface area (Å²) in [5.74, 6) is 1.46. The average molecular weight is 256 g/mol. The maximum atomic E-state index is 10.3.